The number of hydrogen-bond donors (Lipinski definition) is 2. The summed E-state index contributed by atoms with van der Waals surface area (Å²) in [5.41, 5.74) is 2.50. The SMILES string of the molecule is Cc1cccc(-c2nnc(NC(=O)C(NC(=O)c3ccc(Cl)cc3)C(C)C)s2)c1. The first-order valence-electron chi connectivity index (χ1n) is 9.11. The van der Waals surface area contributed by atoms with Crippen LogP contribution in [0.25, 0.3) is 10.6 Å². The number of rotatable bonds is 6. The van der Waals surface area contributed by atoms with Gasteiger partial charge in [-0.05, 0) is 43.2 Å². The third-order valence-corrected chi connectivity index (χ3v) is 5.40. The van der Waals surface area contributed by atoms with Gasteiger partial charge >= 0.3 is 0 Å². The molecule has 0 aliphatic carbocycles. The van der Waals surface area contributed by atoms with Gasteiger partial charge in [-0.2, -0.15) is 0 Å². The van der Waals surface area contributed by atoms with Crippen LogP contribution in [-0.4, -0.2) is 28.1 Å². The summed E-state index contributed by atoms with van der Waals surface area (Å²) in [6.07, 6.45) is 0. The quantitative estimate of drug-likeness (QED) is 0.602. The minimum absolute atomic E-state index is 0.115. The molecule has 0 bridgehead atoms. The van der Waals surface area contributed by atoms with Crippen LogP contribution in [0.1, 0.15) is 29.8 Å². The summed E-state index contributed by atoms with van der Waals surface area (Å²) in [5, 5.41) is 15.4. The Labute approximate surface area is 178 Å². The Balaban J connectivity index is 1.70. The molecule has 8 heteroatoms. The molecule has 0 saturated heterocycles. The van der Waals surface area contributed by atoms with Crippen molar-refractivity contribution in [3.63, 3.8) is 0 Å². The van der Waals surface area contributed by atoms with Gasteiger partial charge in [-0.25, -0.2) is 0 Å². The van der Waals surface area contributed by atoms with Crippen molar-refractivity contribution in [2.24, 2.45) is 5.92 Å². The zero-order valence-corrected chi connectivity index (χ0v) is 17.8. The van der Waals surface area contributed by atoms with Gasteiger partial charge in [-0.1, -0.05) is 60.5 Å². The van der Waals surface area contributed by atoms with Crippen LogP contribution in [0.5, 0.6) is 0 Å². The molecule has 0 aliphatic rings. The largest absolute Gasteiger partial charge is 0.340 e. The lowest BCUT2D eigenvalue weighted by atomic mass is 10.0. The highest BCUT2D eigenvalue weighted by Crippen LogP contribution is 2.27. The van der Waals surface area contributed by atoms with Crippen LogP contribution in [0, 0.1) is 12.8 Å². The number of hydrogen-bond acceptors (Lipinski definition) is 5. The summed E-state index contributed by atoms with van der Waals surface area (Å²) in [6, 6.07) is 13.7. The van der Waals surface area contributed by atoms with Crippen LogP contribution in [-0.2, 0) is 4.79 Å². The molecule has 0 spiro atoms. The molecule has 0 radical (unpaired) electrons. The second kappa shape index (κ2) is 9.15. The van der Waals surface area contributed by atoms with Crippen molar-refractivity contribution in [3.8, 4) is 10.6 Å². The zero-order chi connectivity index (χ0) is 21.0. The molecule has 2 amide bonds. The van der Waals surface area contributed by atoms with E-state index in [9.17, 15) is 9.59 Å². The van der Waals surface area contributed by atoms with Gasteiger partial charge < -0.3 is 5.32 Å². The summed E-state index contributed by atoms with van der Waals surface area (Å²) in [7, 11) is 0. The molecule has 3 rings (SSSR count). The summed E-state index contributed by atoms with van der Waals surface area (Å²) < 4.78 is 0. The molecular formula is C21H21ClN4O2S. The highest BCUT2D eigenvalue weighted by atomic mass is 35.5. The summed E-state index contributed by atoms with van der Waals surface area (Å²) in [5.74, 6) is -0.794. The number of amides is 2. The lowest BCUT2D eigenvalue weighted by molar-refractivity contribution is -0.118. The summed E-state index contributed by atoms with van der Waals surface area (Å²) in [6.45, 7) is 5.74. The number of halogens is 1. The molecule has 6 nitrogen and oxygen atoms in total. The molecule has 0 aliphatic heterocycles. The van der Waals surface area contributed by atoms with Crippen molar-refractivity contribution >= 4 is 39.9 Å². The number of aryl methyl sites for hydroxylation is 1. The molecule has 3 aromatic rings. The third kappa shape index (κ3) is 5.40. The van der Waals surface area contributed by atoms with Crippen LogP contribution in [0.15, 0.2) is 48.5 Å². The molecular weight excluding hydrogens is 408 g/mol. The number of benzene rings is 2. The number of nitrogens with zero attached hydrogens (tertiary/aromatic N) is 2. The Kier molecular flexibility index (Phi) is 6.61. The van der Waals surface area contributed by atoms with E-state index < -0.39 is 6.04 Å². The number of anilines is 1. The fourth-order valence-corrected chi connectivity index (χ4v) is 3.58. The van der Waals surface area contributed by atoms with E-state index in [1.807, 2.05) is 45.0 Å². The van der Waals surface area contributed by atoms with Crippen molar-refractivity contribution in [2.45, 2.75) is 26.8 Å². The highest BCUT2D eigenvalue weighted by molar-refractivity contribution is 7.18. The molecule has 0 saturated carbocycles. The summed E-state index contributed by atoms with van der Waals surface area (Å²) >= 11 is 7.15. The fourth-order valence-electron chi connectivity index (χ4n) is 2.71. The zero-order valence-electron chi connectivity index (χ0n) is 16.3. The first kappa shape index (κ1) is 21.0. The standard InChI is InChI=1S/C21H21ClN4O2S/c1-12(2)17(23-18(27)14-7-9-16(22)10-8-14)19(28)24-21-26-25-20(29-21)15-6-4-5-13(3)11-15/h4-12,17H,1-3H3,(H,23,27)(H,24,26,28). The highest BCUT2D eigenvalue weighted by Gasteiger charge is 2.25. The van der Waals surface area contributed by atoms with Gasteiger partial charge in [0.15, 0.2) is 0 Å². The van der Waals surface area contributed by atoms with Gasteiger partial charge in [0.1, 0.15) is 11.0 Å². The van der Waals surface area contributed by atoms with Crippen molar-refractivity contribution in [3.05, 3.63) is 64.7 Å². The van der Waals surface area contributed by atoms with Gasteiger partial charge in [0.25, 0.3) is 5.91 Å². The van der Waals surface area contributed by atoms with E-state index in [0.717, 1.165) is 16.1 Å². The maximum Gasteiger partial charge on any atom is 0.251 e. The Morgan fingerprint density at radius 3 is 2.45 bits per heavy atom. The number of nitrogens with one attached hydrogen (secondary N) is 2. The monoisotopic (exact) mass is 428 g/mol. The molecule has 2 aromatic carbocycles. The van der Waals surface area contributed by atoms with Crippen molar-refractivity contribution in [2.75, 3.05) is 5.32 Å². The van der Waals surface area contributed by atoms with Crippen LogP contribution in [0.3, 0.4) is 0 Å². The first-order valence-corrected chi connectivity index (χ1v) is 10.3. The van der Waals surface area contributed by atoms with Crippen LogP contribution in [0.2, 0.25) is 5.02 Å². The maximum absolute atomic E-state index is 12.8. The van der Waals surface area contributed by atoms with E-state index in [1.54, 1.807) is 24.3 Å². The van der Waals surface area contributed by atoms with Crippen molar-refractivity contribution in [1.29, 1.82) is 0 Å². The second-order valence-electron chi connectivity index (χ2n) is 6.97. The molecule has 2 N–H and O–H groups in total. The number of carbonyl (C=O) groups excluding carboxylic acids is 2. The molecule has 1 unspecified atom stereocenters. The van der Waals surface area contributed by atoms with E-state index in [2.05, 4.69) is 20.8 Å². The number of aromatic nitrogens is 2. The minimum Gasteiger partial charge on any atom is -0.340 e. The molecule has 150 valence electrons. The lowest BCUT2D eigenvalue weighted by Gasteiger charge is -2.21. The lowest BCUT2D eigenvalue weighted by Crippen LogP contribution is -2.47. The minimum atomic E-state index is -0.718. The number of carbonyl (C=O) groups is 2. The summed E-state index contributed by atoms with van der Waals surface area (Å²) in [4.78, 5) is 25.3. The normalized spacial score (nSPS) is 11.9. The molecule has 29 heavy (non-hydrogen) atoms. The smallest absolute Gasteiger partial charge is 0.251 e. The Hall–Kier alpha value is -2.77. The topological polar surface area (TPSA) is 84.0 Å². The Morgan fingerprint density at radius 2 is 1.79 bits per heavy atom. The van der Waals surface area contributed by atoms with Gasteiger partial charge in [0.05, 0.1) is 0 Å². The molecule has 0 fully saturated rings. The van der Waals surface area contributed by atoms with E-state index in [4.69, 9.17) is 11.6 Å². The Morgan fingerprint density at radius 1 is 1.07 bits per heavy atom. The molecule has 1 aromatic heterocycles. The Bertz CT molecular complexity index is 1020. The predicted molar refractivity (Wildman–Crippen MR) is 116 cm³/mol. The third-order valence-electron chi connectivity index (χ3n) is 4.26. The predicted octanol–water partition coefficient (Wildman–Crippen LogP) is 4.56. The second-order valence-corrected chi connectivity index (χ2v) is 8.39. The van der Waals surface area contributed by atoms with E-state index in [-0.39, 0.29) is 17.7 Å². The van der Waals surface area contributed by atoms with Crippen LogP contribution < -0.4 is 10.6 Å². The van der Waals surface area contributed by atoms with Crippen LogP contribution in [0.4, 0.5) is 5.13 Å². The molecule has 1 heterocycles. The van der Waals surface area contributed by atoms with E-state index in [1.165, 1.54) is 11.3 Å². The van der Waals surface area contributed by atoms with Gasteiger partial charge in [0, 0.05) is 16.1 Å². The van der Waals surface area contributed by atoms with Crippen molar-refractivity contribution < 1.29 is 9.59 Å². The molecule has 1 atom stereocenters. The van der Waals surface area contributed by atoms with E-state index >= 15 is 0 Å². The van der Waals surface area contributed by atoms with E-state index in [0.29, 0.717) is 15.7 Å². The maximum atomic E-state index is 12.8. The fraction of sp³-hybridized carbons (Fsp3) is 0.238. The van der Waals surface area contributed by atoms with Crippen LogP contribution >= 0.6 is 22.9 Å². The van der Waals surface area contributed by atoms with Gasteiger partial charge in [0.2, 0.25) is 11.0 Å². The first-order chi connectivity index (χ1) is 13.8. The van der Waals surface area contributed by atoms with Crippen molar-refractivity contribution in [1.82, 2.24) is 15.5 Å². The average molecular weight is 429 g/mol. The average Bonchev–Trinajstić information content (AvgIpc) is 3.14. The van der Waals surface area contributed by atoms with Gasteiger partial charge in [-0.3, -0.25) is 14.9 Å². The van der Waals surface area contributed by atoms with Gasteiger partial charge in [-0.15, -0.1) is 10.2 Å².